The van der Waals surface area contributed by atoms with Gasteiger partial charge in [-0.1, -0.05) is 22.9 Å². The molecular formula is C23H19BN6O3S. The van der Waals surface area contributed by atoms with Gasteiger partial charge in [-0.15, -0.1) is 0 Å². The van der Waals surface area contributed by atoms with Crippen molar-refractivity contribution in [2.45, 2.75) is 19.8 Å². The van der Waals surface area contributed by atoms with E-state index in [1.54, 1.807) is 35.3 Å². The summed E-state index contributed by atoms with van der Waals surface area (Å²) in [7, 11) is 7.76. The van der Waals surface area contributed by atoms with E-state index in [2.05, 4.69) is 20.8 Å². The number of hydroxylamine groups is 1. The lowest BCUT2D eigenvalue weighted by Crippen LogP contribution is -2.24. The van der Waals surface area contributed by atoms with Crippen LogP contribution in [0.2, 0.25) is 0 Å². The average molecular weight is 470 g/mol. The molecule has 3 heterocycles. The Morgan fingerprint density at radius 3 is 2.79 bits per heavy atom. The number of hydrogen-bond donors (Lipinski definition) is 2. The largest absolute Gasteiger partial charge is 0.302 e. The van der Waals surface area contributed by atoms with Gasteiger partial charge in [0.2, 0.25) is 5.91 Å². The normalized spacial score (nSPS) is 12.1. The Morgan fingerprint density at radius 2 is 2.09 bits per heavy atom. The lowest BCUT2D eigenvalue weighted by Gasteiger charge is -2.16. The van der Waals surface area contributed by atoms with Crippen LogP contribution in [-0.2, 0) is 22.5 Å². The number of benzene rings is 1. The minimum atomic E-state index is -0.399. The molecule has 1 aliphatic carbocycles. The lowest BCUT2D eigenvalue weighted by molar-refractivity contribution is -0.114. The smallest absolute Gasteiger partial charge is 0.274 e. The maximum atomic E-state index is 12.2. The van der Waals surface area contributed by atoms with Crippen molar-refractivity contribution in [3.05, 3.63) is 59.5 Å². The van der Waals surface area contributed by atoms with Crippen LogP contribution in [0.3, 0.4) is 0 Å². The van der Waals surface area contributed by atoms with Crippen molar-refractivity contribution < 1.29 is 14.4 Å². The Hall–Kier alpha value is -3.83. The van der Waals surface area contributed by atoms with Gasteiger partial charge < -0.3 is 5.32 Å². The number of anilines is 1. The predicted octanol–water partition coefficient (Wildman–Crippen LogP) is 2.20. The molecule has 2 N–H and O–H groups in total. The average Bonchev–Trinajstić information content (AvgIpc) is 3.40. The molecule has 3 aromatic heterocycles. The molecule has 1 aliphatic rings. The zero-order valence-corrected chi connectivity index (χ0v) is 19.3. The number of nitrogens with one attached hydrogen (secondary N) is 2. The molecule has 168 valence electrons. The van der Waals surface area contributed by atoms with Gasteiger partial charge in [0.15, 0.2) is 5.13 Å². The number of aryl methyl sites for hydroxylation is 1. The summed E-state index contributed by atoms with van der Waals surface area (Å²) in [5, 5.41) is 8.26. The van der Waals surface area contributed by atoms with E-state index < -0.39 is 5.91 Å². The Kier molecular flexibility index (Phi) is 5.72. The lowest BCUT2D eigenvalue weighted by atomic mass is 9.91. The highest BCUT2D eigenvalue weighted by Crippen LogP contribution is 2.43. The van der Waals surface area contributed by atoms with Gasteiger partial charge >= 0.3 is 0 Å². The van der Waals surface area contributed by atoms with E-state index in [0.717, 1.165) is 45.9 Å². The van der Waals surface area contributed by atoms with Crippen LogP contribution in [0, 0.1) is 0 Å². The molecule has 34 heavy (non-hydrogen) atoms. The fraction of sp³-hybridized carbons (Fsp3) is 0.174. The van der Waals surface area contributed by atoms with Gasteiger partial charge in [-0.3, -0.25) is 19.4 Å². The molecular weight excluding hydrogens is 451 g/mol. The van der Waals surface area contributed by atoms with Crippen LogP contribution < -0.4 is 16.3 Å². The van der Waals surface area contributed by atoms with E-state index in [9.17, 15) is 9.59 Å². The first kappa shape index (κ1) is 22.0. The summed E-state index contributed by atoms with van der Waals surface area (Å²) in [5.41, 5.74) is 8.18. The third kappa shape index (κ3) is 3.89. The van der Waals surface area contributed by atoms with Gasteiger partial charge in [-0.25, -0.2) is 15.1 Å². The zero-order chi connectivity index (χ0) is 23.8. The monoisotopic (exact) mass is 470 g/mol. The maximum absolute atomic E-state index is 12.2. The summed E-state index contributed by atoms with van der Waals surface area (Å²) < 4.78 is 1.79. The van der Waals surface area contributed by atoms with E-state index in [-0.39, 0.29) is 5.91 Å². The van der Waals surface area contributed by atoms with Crippen LogP contribution in [0.5, 0.6) is 0 Å². The van der Waals surface area contributed by atoms with E-state index in [4.69, 9.17) is 17.8 Å². The number of amides is 2. The van der Waals surface area contributed by atoms with E-state index in [0.29, 0.717) is 21.8 Å². The van der Waals surface area contributed by atoms with Crippen molar-refractivity contribution in [1.82, 2.24) is 25.2 Å². The van der Waals surface area contributed by atoms with Crippen LogP contribution in [0.25, 0.3) is 27.5 Å². The number of thiazole rings is 1. The number of hydrogen-bond acceptors (Lipinski definition) is 7. The summed E-state index contributed by atoms with van der Waals surface area (Å²) in [6, 6.07) is 8.84. The molecule has 2 radical (unpaired) electrons. The number of nitrogens with zero attached hydrogens (tertiary/aromatic N) is 4. The molecule has 0 aliphatic heterocycles. The molecule has 11 heteroatoms. The molecule has 0 spiro atoms. The molecule has 0 unspecified atom stereocenters. The Bertz CT molecular complexity index is 1420. The molecule has 0 bridgehead atoms. The van der Waals surface area contributed by atoms with Crippen LogP contribution >= 0.6 is 11.3 Å². The fourth-order valence-corrected chi connectivity index (χ4v) is 5.14. The highest BCUT2D eigenvalue weighted by molar-refractivity contribution is 7.19. The second kappa shape index (κ2) is 8.84. The number of aromatic nitrogens is 4. The predicted molar refractivity (Wildman–Crippen MR) is 129 cm³/mol. The van der Waals surface area contributed by atoms with Gasteiger partial charge in [0.25, 0.3) is 5.91 Å². The summed E-state index contributed by atoms with van der Waals surface area (Å²) in [5.74, 6) is -0.575. The van der Waals surface area contributed by atoms with Gasteiger partial charge in [0.05, 0.1) is 34.8 Å². The van der Waals surface area contributed by atoms with Gasteiger partial charge in [-0.05, 0) is 37.1 Å². The topological polar surface area (TPSA) is 111 Å². The first-order chi connectivity index (χ1) is 16.5. The summed E-state index contributed by atoms with van der Waals surface area (Å²) >= 11 is 1.40. The Morgan fingerprint density at radius 1 is 1.24 bits per heavy atom. The van der Waals surface area contributed by atoms with Gasteiger partial charge in [-0.2, -0.15) is 5.10 Å². The molecule has 0 atom stereocenters. The second-order valence-electron chi connectivity index (χ2n) is 7.71. The van der Waals surface area contributed by atoms with Crippen LogP contribution in [-0.4, -0.2) is 46.5 Å². The minimum absolute atomic E-state index is 0.176. The SMILES string of the molecule is [B]c1cc(C(=O)NOC)ccc1-n1nc(-c2cccnc2)c2c1-c1sc(NC(C)=O)nc1CC2. The molecule has 0 saturated heterocycles. The quantitative estimate of drug-likeness (QED) is 0.342. The number of fused-ring (bicyclic) bond motifs is 3. The molecule has 2 amide bonds. The van der Waals surface area contributed by atoms with E-state index in [1.165, 1.54) is 25.4 Å². The maximum Gasteiger partial charge on any atom is 0.274 e. The summed E-state index contributed by atoms with van der Waals surface area (Å²) in [6.07, 6.45) is 4.95. The van der Waals surface area contributed by atoms with Gasteiger partial charge in [0, 0.05) is 36.0 Å². The molecule has 0 fully saturated rings. The first-order valence-corrected chi connectivity index (χ1v) is 11.3. The standard InChI is InChI=1S/C23H19BN6O3S/c1-12(31)26-23-27-17-7-6-15-19(14-4-3-9-25-11-14)28-30(20(15)21(17)34-23)18-8-5-13(10-16(18)24)22(32)29-33-2/h3-5,8-11H,6-7H2,1-2H3,(H,29,32)(H,26,27,31). The van der Waals surface area contributed by atoms with Crippen LogP contribution in [0.4, 0.5) is 5.13 Å². The minimum Gasteiger partial charge on any atom is -0.302 e. The van der Waals surface area contributed by atoms with Crippen LogP contribution in [0.1, 0.15) is 28.5 Å². The zero-order valence-electron chi connectivity index (χ0n) is 18.5. The summed E-state index contributed by atoms with van der Waals surface area (Å²) in [6.45, 7) is 1.46. The van der Waals surface area contributed by atoms with E-state index in [1.807, 2.05) is 12.1 Å². The number of carbonyl (C=O) groups excluding carboxylic acids is 2. The van der Waals surface area contributed by atoms with Crippen molar-refractivity contribution >= 4 is 41.6 Å². The third-order valence-corrected chi connectivity index (χ3v) is 6.46. The molecule has 9 nitrogen and oxygen atoms in total. The first-order valence-electron chi connectivity index (χ1n) is 10.5. The van der Waals surface area contributed by atoms with Crippen LogP contribution in [0.15, 0.2) is 42.7 Å². The van der Waals surface area contributed by atoms with Crippen molar-refractivity contribution in [2.24, 2.45) is 0 Å². The van der Waals surface area contributed by atoms with Crippen molar-refractivity contribution in [2.75, 3.05) is 12.4 Å². The molecule has 5 rings (SSSR count). The highest BCUT2D eigenvalue weighted by Gasteiger charge is 2.30. The number of carbonyl (C=O) groups is 2. The molecule has 0 saturated carbocycles. The number of rotatable bonds is 5. The second-order valence-corrected chi connectivity index (χ2v) is 8.71. The molecule has 1 aromatic carbocycles. The number of pyridine rings is 1. The highest BCUT2D eigenvalue weighted by atomic mass is 32.1. The van der Waals surface area contributed by atoms with Crippen molar-refractivity contribution in [3.8, 4) is 27.5 Å². The third-order valence-electron chi connectivity index (χ3n) is 5.44. The fourth-order valence-electron chi connectivity index (χ4n) is 4.02. The van der Waals surface area contributed by atoms with Crippen molar-refractivity contribution in [3.63, 3.8) is 0 Å². The van der Waals surface area contributed by atoms with Crippen molar-refractivity contribution in [1.29, 1.82) is 0 Å². The van der Waals surface area contributed by atoms with E-state index >= 15 is 0 Å². The van der Waals surface area contributed by atoms with Gasteiger partial charge in [0.1, 0.15) is 7.85 Å². The molecule has 4 aromatic rings. The Balaban J connectivity index is 1.70. The Labute approximate surface area is 200 Å². The summed E-state index contributed by atoms with van der Waals surface area (Å²) in [4.78, 5) is 38.3.